The Hall–Kier alpha value is -3.02. The Bertz CT molecular complexity index is 779. The van der Waals surface area contributed by atoms with E-state index >= 15 is 0 Å². The maximum Gasteiger partial charge on any atom is 0.357 e. The van der Waals surface area contributed by atoms with E-state index in [1.54, 1.807) is 24.4 Å². The quantitative estimate of drug-likeness (QED) is 0.499. The summed E-state index contributed by atoms with van der Waals surface area (Å²) in [5.74, 6) is -0.489. The fraction of sp³-hybridized carbons (Fsp3) is 0.217. The molecule has 1 aromatic heterocycles. The molecule has 5 heteroatoms. The van der Waals surface area contributed by atoms with Crippen molar-refractivity contribution in [3.05, 3.63) is 102 Å². The van der Waals surface area contributed by atoms with Crippen molar-refractivity contribution in [2.45, 2.75) is 19.3 Å². The molecule has 0 aliphatic carbocycles. The van der Waals surface area contributed by atoms with Crippen LogP contribution in [-0.4, -0.2) is 30.3 Å². The fourth-order valence-corrected chi connectivity index (χ4v) is 2.58. The van der Waals surface area contributed by atoms with Crippen LogP contribution in [0.3, 0.4) is 0 Å². The molecule has 0 aliphatic heterocycles. The number of aromatic nitrogens is 1. The number of hydrogen-bond acceptors (Lipinski definition) is 5. The molecule has 3 rings (SSSR count). The topological polar surface area (TPSA) is 57.7 Å². The summed E-state index contributed by atoms with van der Waals surface area (Å²) in [5, 5.41) is 0. The van der Waals surface area contributed by atoms with E-state index in [4.69, 9.17) is 14.2 Å². The van der Waals surface area contributed by atoms with Crippen molar-refractivity contribution in [2.24, 2.45) is 0 Å². The molecular weight excluding hydrogens is 354 g/mol. The third-order valence-electron chi connectivity index (χ3n) is 3.98. The molecular formula is C23H23NO4. The number of ether oxygens (including phenoxy) is 3. The molecule has 0 spiro atoms. The number of nitrogens with zero attached hydrogens (tertiary/aromatic N) is 1. The van der Waals surface area contributed by atoms with Gasteiger partial charge in [-0.25, -0.2) is 9.78 Å². The smallest absolute Gasteiger partial charge is 0.357 e. The Morgan fingerprint density at radius 2 is 1.29 bits per heavy atom. The van der Waals surface area contributed by atoms with Crippen molar-refractivity contribution in [3.63, 3.8) is 0 Å². The fourth-order valence-electron chi connectivity index (χ4n) is 2.58. The molecule has 0 radical (unpaired) electrons. The highest BCUT2D eigenvalue weighted by Gasteiger charge is 2.18. The van der Waals surface area contributed by atoms with Gasteiger partial charge in [-0.2, -0.15) is 0 Å². The second-order valence-electron chi connectivity index (χ2n) is 6.24. The molecule has 5 nitrogen and oxygen atoms in total. The van der Waals surface area contributed by atoms with Gasteiger partial charge >= 0.3 is 5.97 Å². The number of carbonyl (C=O) groups excluding carboxylic acids is 1. The molecule has 0 amide bonds. The third kappa shape index (κ3) is 6.61. The maximum atomic E-state index is 12.3. The lowest BCUT2D eigenvalue weighted by Crippen LogP contribution is -2.29. The van der Waals surface area contributed by atoms with Crippen molar-refractivity contribution in [1.29, 1.82) is 0 Å². The standard InChI is InChI=1S/C23H23NO4/c25-23(22-13-7-8-14-24-22)28-21(17-26-15-19-9-3-1-4-10-19)18-27-16-20-11-5-2-6-12-20/h1-14,21H,15-18H2. The highest BCUT2D eigenvalue weighted by molar-refractivity contribution is 5.87. The van der Waals surface area contributed by atoms with E-state index in [9.17, 15) is 4.79 Å². The summed E-state index contributed by atoms with van der Waals surface area (Å²) < 4.78 is 17.0. The van der Waals surface area contributed by atoms with Crippen LogP contribution in [-0.2, 0) is 27.4 Å². The van der Waals surface area contributed by atoms with Crippen LogP contribution in [0.25, 0.3) is 0 Å². The van der Waals surface area contributed by atoms with E-state index in [2.05, 4.69) is 4.98 Å². The molecule has 1 heterocycles. The van der Waals surface area contributed by atoms with Gasteiger partial charge in [-0.3, -0.25) is 0 Å². The molecule has 0 unspecified atom stereocenters. The minimum atomic E-state index is -0.526. The van der Waals surface area contributed by atoms with Crippen molar-refractivity contribution in [1.82, 2.24) is 4.98 Å². The molecule has 3 aromatic rings. The van der Waals surface area contributed by atoms with Crippen LogP contribution in [0.4, 0.5) is 0 Å². The number of benzene rings is 2. The summed E-state index contributed by atoms with van der Waals surface area (Å²) in [7, 11) is 0. The summed E-state index contributed by atoms with van der Waals surface area (Å²) in [6, 6.07) is 24.8. The van der Waals surface area contributed by atoms with Crippen molar-refractivity contribution in [2.75, 3.05) is 13.2 Å². The van der Waals surface area contributed by atoms with E-state index in [1.165, 1.54) is 0 Å². The lowest BCUT2D eigenvalue weighted by molar-refractivity contribution is -0.0465. The number of esters is 1. The van der Waals surface area contributed by atoms with Gasteiger partial charge in [0.25, 0.3) is 0 Å². The first-order chi connectivity index (χ1) is 13.8. The average Bonchev–Trinajstić information content (AvgIpc) is 2.75. The normalized spacial score (nSPS) is 10.8. The predicted octanol–water partition coefficient (Wildman–Crippen LogP) is 4.04. The van der Waals surface area contributed by atoms with Gasteiger partial charge in [-0.15, -0.1) is 0 Å². The highest BCUT2D eigenvalue weighted by Crippen LogP contribution is 2.07. The van der Waals surface area contributed by atoms with Gasteiger partial charge in [0.15, 0.2) is 0 Å². The van der Waals surface area contributed by atoms with Crippen LogP contribution in [0.5, 0.6) is 0 Å². The Morgan fingerprint density at radius 3 is 1.79 bits per heavy atom. The molecule has 0 saturated heterocycles. The molecule has 144 valence electrons. The summed E-state index contributed by atoms with van der Waals surface area (Å²) in [6.45, 7) is 1.36. The van der Waals surface area contributed by atoms with Crippen LogP contribution < -0.4 is 0 Å². The number of carbonyl (C=O) groups is 1. The lowest BCUT2D eigenvalue weighted by atomic mass is 10.2. The van der Waals surface area contributed by atoms with Crippen molar-refractivity contribution in [3.8, 4) is 0 Å². The highest BCUT2D eigenvalue weighted by atomic mass is 16.6. The van der Waals surface area contributed by atoms with Crippen LogP contribution in [0.2, 0.25) is 0 Å². The summed E-state index contributed by atoms with van der Waals surface area (Å²) in [4.78, 5) is 16.4. The molecule has 0 N–H and O–H groups in total. The van der Waals surface area contributed by atoms with Crippen LogP contribution >= 0.6 is 0 Å². The first kappa shape index (κ1) is 19.7. The largest absolute Gasteiger partial charge is 0.453 e. The SMILES string of the molecule is O=C(OC(COCc1ccccc1)COCc1ccccc1)c1ccccn1. The average molecular weight is 377 g/mol. The Morgan fingerprint density at radius 1 is 0.750 bits per heavy atom. The zero-order valence-corrected chi connectivity index (χ0v) is 15.6. The first-order valence-corrected chi connectivity index (χ1v) is 9.16. The zero-order chi connectivity index (χ0) is 19.4. The maximum absolute atomic E-state index is 12.3. The van der Waals surface area contributed by atoms with Gasteiger partial charge in [0.05, 0.1) is 26.4 Å². The minimum Gasteiger partial charge on any atom is -0.453 e. The number of pyridine rings is 1. The Kier molecular flexibility index (Phi) is 7.73. The summed E-state index contributed by atoms with van der Waals surface area (Å²) in [5.41, 5.74) is 2.38. The predicted molar refractivity (Wildman–Crippen MR) is 106 cm³/mol. The van der Waals surface area contributed by atoms with E-state index in [-0.39, 0.29) is 18.9 Å². The molecule has 0 aliphatic rings. The monoisotopic (exact) mass is 377 g/mol. The number of hydrogen-bond donors (Lipinski definition) is 0. The molecule has 0 saturated carbocycles. The summed E-state index contributed by atoms with van der Waals surface area (Å²) in [6.07, 6.45) is 1.03. The van der Waals surface area contributed by atoms with Gasteiger partial charge in [0, 0.05) is 6.20 Å². The van der Waals surface area contributed by atoms with Crippen LogP contribution in [0.1, 0.15) is 21.6 Å². The second kappa shape index (κ2) is 11.0. The van der Waals surface area contributed by atoms with Gasteiger partial charge in [0.2, 0.25) is 0 Å². The zero-order valence-electron chi connectivity index (χ0n) is 15.6. The molecule has 0 atom stereocenters. The van der Waals surface area contributed by atoms with Crippen molar-refractivity contribution < 1.29 is 19.0 Å². The van der Waals surface area contributed by atoms with Crippen molar-refractivity contribution >= 4 is 5.97 Å². The van der Waals surface area contributed by atoms with Crippen LogP contribution in [0, 0.1) is 0 Å². The minimum absolute atomic E-state index is 0.238. The van der Waals surface area contributed by atoms with Gasteiger partial charge in [-0.05, 0) is 23.3 Å². The number of rotatable bonds is 10. The van der Waals surface area contributed by atoms with Gasteiger partial charge in [-0.1, -0.05) is 66.7 Å². The van der Waals surface area contributed by atoms with Crippen LogP contribution in [0.15, 0.2) is 85.1 Å². The molecule has 2 aromatic carbocycles. The molecule has 0 fully saturated rings. The van der Waals surface area contributed by atoms with E-state index in [0.29, 0.717) is 13.2 Å². The van der Waals surface area contributed by atoms with E-state index in [0.717, 1.165) is 11.1 Å². The first-order valence-electron chi connectivity index (χ1n) is 9.16. The third-order valence-corrected chi connectivity index (χ3v) is 3.98. The lowest BCUT2D eigenvalue weighted by Gasteiger charge is -2.18. The Balaban J connectivity index is 1.53. The van der Waals surface area contributed by atoms with E-state index in [1.807, 2.05) is 60.7 Å². The van der Waals surface area contributed by atoms with Gasteiger partial charge in [0.1, 0.15) is 11.8 Å². The summed E-state index contributed by atoms with van der Waals surface area (Å²) >= 11 is 0. The van der Waals surface area contributed by atoms with E-state index < -0.39 is 12.1 Å². The molecule has 0 bridgehead atoms. The second-order valence-corrected chi connectivity index (χ2v) is 6.24. The molecule has 28 heavy (non-hydrogen) atoms. The Labute approximate surface area is 164 Å². The van der Waals surface area contributed by atoms with Gasteiger partial charge < -0.3 is 14.2 Å².